The molecule has 0 radical (unpaired) electrons. The summed E-state index contributed by atoms with van der Waals surface area (Å²) < 4.78 is 5.02. The number of hydrogen-bond donors (Lipinski definition) is 1. The molecule has 0 aliphatic carbocycles. The Morgan fingerprint density at radius 1 is 1.16 bits per heavy atom. The predicted octanol–water partition coefficient (Wildman–Crippen LogP) is 1.85. The van der Waals surface area contributed by atoms with Crippen LogP contribution in [0.3, 0.4) is 0 Å². The largest absolute Gasteiger partial charge is 0.450 e. The molecule has 7 heteroatoms. The number of nitrogens with one attached hydrogen (secondary N) is 1. The number of ether oxygens (including phenoxy) is 1. The van der Waals surface area contributed by atoms with E-state index in [0.717, 1.165) is 11.4 Å². The minimum absolute atomic E-state index is 0.0396. The highest BCUT2D eigenvalue weighted by Crippen LogP contribution is 2.16. The molecule has 0 saturated carbocycles. The maximum Gasteiger partial charge on any atom is 0.409 e. The van der Waals surface area contributed by atoms with Crippen LogP contribution in [0.25, 0.3) is 0 Å². The molecule has 1 heterocycles. The molecule has 7 nitrogen and oxygen atoms in total. The van der Waals surface area contributed by atoms with Gasteiger partial charge in [-0.1, -0.05) is 0 Å². The quantitative estimate of drug-likeness (QED) is 0.880. The number of piperazine rings is 1. The molecule has 25 heavy (non-hydrogen) atoms. The van der Waals surface area contributed by atoms with Crippen molar-refractivity contribution in [1.29, 1.82) is 0 Å². The monoisotopic (exact) mass is 348 g/mol. The zero-order valence-corrected chi connectivity index (χ0v) is 15.5. The zero-order chi connectivity index (χ0) is 18.4. The Bertz CT molecular complexity index is 580. The number of nitrogens with zero attached hydrogens (tertiary/aromatic N) is 3. The molecule has 1 atom stereocenters. The van der Waals surface area contributed by atoms with Crippen LogP contribution in [0.1, 0.15) is 13.8 Å². The van der Waals surface area contributed by atoms with Crippen molar-refractivity contribution in [3.63, 3.8) is 0 Å². The molecule has 1 unspecified atom stereocenters. The van der Waals surface area contributed by atoms with Gasteiger partial charge in [-0.3, -0.25) is 9.69 Å². The number of amides is 2. The minimum Gasteiger partial charge on any atom is -0.450 e. The lowest BCUT2D eigenvalue weighted by Gasteiger charge is -2.36. The minimum atomic E-state index is -0.278. The third-order valence-corrected chi connectivity index (χ3v) is 4.42. The first-order valence-electron chi connectivity index (χ1n) is 8.66. The maximum atomic E-state index is 12.5. The lowest BCUT2D eigenvalue weighted by atomic mass is 10.2. The molecule has 1 fully saturated rings. The summed E-state index contributed by atoms with van der Waals surface area (Å²) in [6, 6.07) is 7.49. The molecular weight excluding hydrogens is 320 g/mol. The highest BCUT2D eigenvalue weighted by atomic mass is 16.6. The van der Waals surface area contributed by atoms with Gasteiger partial charge in [0.05, 0.1) is 12.6 Å². The Balaban J connectivity index is 1.85. The van der Waals surface area contributed by atoms with Crippen LogP contribution in [0, 0.1) is 0 Å². The molecule has 1 aliphatic rings. The van der Waals surface area contributed by atoms with Crippen LogP contribution in [-0.2, 0) is 9.53 Å². The van der Waals surface area contributed by atoms with Crippen LogP contribution in [0.5, 0.6) is 0 Å². The summed E-state index contributed by atoms with van der Waals surface area (Å²) in [5.41, 5.74) is 1.87. The van der Waals surface area contributed by atoms with E-state index in [0.29, 0.717) is 32.8 Å². The summed E-state index contributed by atoms with van der Waals surface area (Å²) in [6.07, 6.45) is -0.278. The van der Waals surface area contributed by atoms with Crippen LogP contribution >= 0.6 is 0 Å². The van der Waals surface area contributed by atoms with E-state index in [2.05, 4.69) is 10.2 Å². The Morgan fingerprint density at radius 2 is 1.76 bits per heavy atom. The SMILES string of the molecule is CCOC(=O)N1CCN(C(C)C(=O)Nc2ccc(N(C)C)cc2)CC1. The standard InChI is InChI=1S/C18H28N4O3/c1-5-25-18(24)22-12-10-21(11-13-22)14(2)17(23)19-15-6-8-16(9-7-15)20(3)4/h6-9,14H,5,10-13H2,1-4H3,(H,19,23). The second kappa shape index (κ2) is 8.71. The van der Waals surface area contributed by atoms with Crippen molar-refractivity contribution < 1.29 is 14.3 Å². The van der Waals surface area contributed by atoms with Gasteiger partial charge in [-0.15, -0.1) is 0 Å². The van der Waals surface area contributed by atoms with E-state index in [9.17, 15) is 9.59 Å². The fraction of sp³-hybridized carbons (Fsp3) is 0.556. The van der Waals surface area contributed by atoms with Crippen molar-refractivity contribution in [1.82, 2.24) is 9.80 Å². The average Bonchev–Trinajstić information content (AvgIpc) is 2.61. The van der Waals surface area contributed by atoms with Crippen LogP contribution in [0.15, 0.2) is 24.3 Å². The van der Waals surface area contributed by atoms with Gasteiger partial charge in [-0.25, -0.2) is 4.79 Å². The smallest absolute Gasteiger partial charge is 0.409 e. The summed E-state index contributed by atoms with van der Waals surface area (Å²) in [6.45, 7) is 6.54. The van der Waals surface area contributed by atoms with Gasteiger partial charge in [-0.05, 0) is 38.1 Å². The van der Waals surface area contributed by atoms with E-state index in [4.69, 9.17) is 4.74 Å². The molecule has 1 N–H and O–H groups in total. The fourth-order valence-corrected chi connectivity index (χ4v) is 2.76. The van der Waals surface area contributed by atoms with Crippen molar-refractivity contribution in [2.45, 2.75) is 19.9 Å². The van der Waals surface area contributed by atoms with Gasteiger partial charge in [0.25, 0.3) is 0 Å². The molecule has 2 amide bonds. The van der Waals surface area contributed by atoms with Crippen molar-refractivity contribution >= 4 is 23.4 Å². The number of carbonyl (C=O) groups is 2. The van der Waals surface area contributed by atoms with Crippen LogP contribution in [0.2, 0.25) is 0 Å². The molecule has 0 aromatic heterocycles. The highest BCUT2D eigenvalue weighted by molar-refractivity contribution is 5.94. The maximum absolute atomic E-state index is 12.5. The van der Waals surface area contributed by atoms with Crippen LogP contribution < -0.4 is 10.2 Å². The molecule has 138 valence electrons. The Labute approximate surface area is 149 Å². The molecule has 1 saturated heterocycles. The zero-order valence-electron chi connectivity index (χ0n) is 15.5. The lowest BCUT2D eigenvalue weighted by Crippen LogP contribution is -2.54. The van der Waals surface area contributed by atoms with Crippen molar-refractivity contribution in [2.24, 2.45) is 0 Å². The van der Waals surface area contributed by atoms with E-state index in [1.807, 2.05) is 50.2 Å². The third kappa shape index (κ3) is 5.09. The molecular formula is C18H28N4O3. The summed E-state index contributed by atoms with van der Waals surface area (Å²) in [4.78, 5) is 30.0. The highest BCUT2D eigenvalue weighted by Gasteiger charge is 2.27. The second-order valence-corrected chi connectivity index (χ2v) is 6.33. The van der Waals surface area contributed by atoms with Crippen molar-refractivity contribution in [2.75, 3.05) is 57.1 Å². The van der Waals surface area contributed by atoms with Gasteiger partial charge in [0.2, 0.25) is 5.91 Å². The van der Waals surface area contributed by atoms with Gasteiger partial charge in [0, 0.05) is 51.6 Å². The molecule has 1 aliphatic heterocycles. The summed E-state index contributed by atoms with van der Waals surface area (Å²) in [5, 5.41) is 2.96. The van der Waals surface area contributed by atoms with Crippen LogP contribution in [0.4, 0.5) is 16.2 Å². The molecule has 0 bridgehead atoms. The topological polar surface area (TPSA) is 65.1 Å². The van der Waals surface area contributed by atoms with Gasteiger partial charge >= 0.3 is 6.09 Å². The number of rotatable bonds is 5. The van der Waals surface area contributed by atoms with Crippen molar-refractivity contribution in [3.05, 3.63) is 24.3 Å². The van der Waals surface area contributed by atoms with Gasteiger partial charge in [0.15, 0.2) is 0 Å². The van der Waals surface area contributed by atoms with Gasteiger partial charge in [-0.2, -0.15) is 0 Å². The van der Waals surface area contributed by atoms with E-state index >= 15 is 0 Å². The van der Waals surface area contributed by atoms with Gasteiger partial charge < -0.3 is 19.9 Å². The molecule has 1 aromatic carbocycles. The van der Waals surface area contributed by atoms with E-state index in [1.54, 1.807) is 11.8 Å². The third-order valence-electron chi connectivity index (χ3n) is 4.42. The van der Waals surface area contributed by atoms with E-state index in [1.165, 1.54) is 0 Å². The number of carbonyl (C=O) groups excluding carboxylic acids is 2. The number of hydrogen-bond acceptors (Lipinski definition) is 5. The summed E-state index contributed by atoms with van der Waals surface area (Å²) in [5.74, 6) is -0.0396. The second-order valence-electron chi connectivity index (χ2n) is 6.33. The van der Waals surface area contributed by atoms with Gasteiger partial charge in [0.1, 0.15) is 0 Å². The van der Waals surface area contributed by atoms with E-state index < -0.39 is 0 Å². The Hall–Kier alpha value is -2.28. The molecule has 1 aromatic rings. The van der Waals surface area contributed by atoms with E-state index in [-0.39, 0.29) is 18.0 Å². The first-order chi connectivity index (χ1) is 11.9. The summed E-state index contributed by atoms with van der Waals surface area (Å²) in [7, 11) is 3.96. The first kappa shape index (κ1) is 19.1. The van der Waals surface area contributed by atoms with Crippen molar-refractivity contribution in [3.8, 4) is 0 Å². The molecule has 0 spiro atoms. The predicted molar refractivity (Wildman–Crippen MR) is 99.0 cm³/mol. The first-order valence-corrected chi connectivity index (χ1v) is 8.66. The summed E-state index contributed by atoms with van der Waals surface area (Å²) >= 11 is 0. The number of anilines is 2. The Kier molecular flexibility index (Phi) is 6.64. The molecule has 2 rings (SSSR count). The number of benzene rings is 1. The lowest BCUT2D eigenvalue weighted by molar-refractivity contribution is -0.121. The van der Waals surface area contributed by atoms with Crippen LogP contribution in [-0.4, -0.2) is 74.7 Å². The average molecular weight is 348 g/mol. The normalized spacial score (nSPS) is 16.2. The fourth-order valence-electron chi connectivity index (χ4n) is 2.76. The Morgan fingerprint density at radius 3 is 2.28 bits per heavy atom.